The second-order valence-electron chi connectivity index (χ2n) is 6.11. The van der Waals surface area contributed by atoms with Crippen molar-refractivity contribution in [1.82, 2.24) is 0 Å². The van der Waals surface area contributed by atoms with Crippen LogP contribution in [0, 0.1) is 0 Å². The standard InChI is InChI=1S/C17H22N2O.C5H8/c1-2-3-4-11-20-17-12-15(19)9-10-16(17)13-5-7-14(18)8-6-13;1-4-5(2)3/h5-10,12H,2-4,11,18-19H2,1H3;1H2,2-3H3. The van der Waals surface area contributed by atoms with Crippen LogP contribution in [0.1, 0.15) is 40.0 Å². The molecule has 0 aliphatic heterocycles. The zero-order chi connectivity index (χ0) is 18.7. The highest BCUT2D eigenvalue weighted by molar-refractivity contribution is 5.74. The van der Waals surface area contributed by atoms with E-state index in [0.29, 0.717) is 0 Å². The molecule has 2 rings (SSSR count). The Morgan fingerprint density at radius 2 is 1.60 bits per heavy atom. The Bertz CT molecular complexity index is 694. The van der Waals surface area contributed by atoms with E-state index in [2.05, 4.69) is 19.2 Å². The fourth-order valence-electron chi connectivity index (χ4n) is 2.09. The van der Waals surface area contributed by atoms with E-state index >= 15 is 0 Å². The normalized spacial score (nSPS) is 9.56. The summed E-state index contributed by atoms with van der Waals surface area (Å²) in [5.41, 5.74) is 19.0. The zero-order valence-electron chi connectivity index (χ0n) is 15.6. The lowest BCUT2D eigenvalue weighted by Gasteiger charge is -2.12. The lowest BCUT2D eigenvalue weighted by molar-refractivity contribution is 0.307. The van der Waals surface area contributed by atoms with Crippen molar-refractivity contribution in [3.05, 3.63) is 60.3 Å². The number of nitrogens with two attached hydrogens (primary N) is 2. The Balaban J connectivity index is 0.000000550. The summed E-state index contributed by atoms with van der Waals surface area (Å²) in [6.07, 6.45) is 3.43. The average Bonchev–Trinajstić information content (AvgIpc) is 2.60. The van der Waals surface area contributed by atoms with Gasteiger partial charge in [-0.05, 0) is 55.7 Å². The van der Waals surface area contributed by atoms with Gasteiger partial charge in [0.2, 0.25) is 0 Å². The first-order valence-electron chi connectivity index (χ1n) is 8.69. The number of nitrogen functional groups attached to an aromatic ring is 2. The lowest BCUT2D eigenvalue weighted by Crippen LogP contribution is -1.99. The molecule has 4 N–H and O–H groups in total. The molecule has 25 heavy (non-hydrogen) atoms. The predicted octanol–water partition coefficient (Wildman–Crippen LogP) is 5.82. The molecule has 2 aromatic rings. The number of ether oxygens (including phenoxy) is 1. The molecular weight excluding hydrogens is 308 g/mol. The summed E-state index contributed by atoms with van der Waals surface area (Å²) in [7, 11) is 0. The van der Waals surface area contributed by atoms with E-state index < -0.39 is 0 Å². The molecule has 0 radical (unpaired) electrons. The molecule has 0 aliphatic carbocycles. The molecule has 0 atom stereocenters. The van der Waals surface area contributed by atoms with Crippen LogP contribution in [0.5, 0.6) is 5.75 Å². The maximum Gasteiger partial charge on any atom is 0.129 e. The summed E-state index contributed by atoms with van der Waals surface area (Å²) in [6.45, 7) is 10.2. The van der Waals surface area contributed by atoms with Crippen LogP contribution in [-0.4, -0.2) is 6.61 Å². The first-order chi connectivity index (χ1) is 12.0. The van der Waals surface area contributed by atoms with Gasteiger partial charge in [-0.25, -0.2) is 0 Å². The van der Waals surface area contributed by atoms with Crippen LogP contribution in [0.25, 0.3) is 11.1 Å². The zero-order valence-corrected chi connectivity index (χ0v) is 15.6. The van der Waals surface area contributed by atoms with Crippen LogP contribution >= 0.6 is 0 Å². The Morgan fingerprint density at radius 3 is 2.16 bits per heavy atom. The molecule has 0 aliphatic rings. The summed E-state index contributed by atoms with van der Waals surface area (Å²) in [5.74, 6) is 0.839. The lowest BCUT2D eigenvalue weighted by atomic mass is 10.0. The van der Waals surface area contributed by atoms with Crippen molar-refractivity contribution in [1.29, 1.82) is 0 Å². The van der Waals surface area contributed by atoms with Crippen molar-refractivity contribution in [2.75, 3.05) is 18.1 Å². The Hall–Kier alpha value is -2.64. The molecule has 0 saturated carbocycles. The highest BCUT2D eigenvalue weighted by Crippen LogP contribution is 2.32. The number of allylic oxidation sites excluding steroid dienone is 1. The Morgan fingerprint density at radius 1 is 1.00 bits per heavy atom. The van der Waals surface area contributed by atoms with E-state index in [1.165, 1.54) is 12.8 Å². The van der Waals surface area contributed by atoms with Crippen LogP contribution in [0.2, 0.25) is 0 Å². The summed E-state index contributed by atoms with van der Waals surface area (Å²) in [6, 6.07) is 13.6. The monoisotopic (exact) mass is 338 g/mol. The second-order valence-corrected chi connectivity index (χ2v) is 6.11. The highest BCUT2D eigenvalue weighted by Gasteiger charge is 2.07. The minimum absolute atomic E-state index is 0.717. The maximum atomic E-state index is 5.89. The molecule has 2 aromatic carbocycles. The van der Waals surface area contributed by atoms with E-state index in [1.54, 1.807) is 0 Å². The summed E-state index contributed by atoms with van der Waals surface area (Å²) >= 11 is 0. The van der Waals surface area contributed by atoms with Gasteiger partial charge < -0.3 is 16.2 Å². The number of anilines is 2. The van der Waals surface area contributed by atoms with E-state index in [0.717, 1.165) is 46.9 Å². The molecule has 0 unspecified atom stereocenters. The molecule has 3 nitrogen and oxygen atoms in total. The van der Waals surface area contributed by atoms with Crippen LogP contribution in [0.3, 0.4) is 0 Å². The third kappa shape index (κ3) is 7.65. The minimum Gasteiger partial charge on any atom is -0.493 e. The van der Waals surface area contributed by atoms with E-state index in [-0.39, 0.29) is 0 Å². The molecule has 0 heterocycles. The topological polar surface area (TPSA) is 61.3 Å². The summed E-state index contributed by atoms with van der Waals surface area (Å²) < 4.78 is 5.89. The maximum absolute atomic E-state index is 5.89. The largest absolute Gasteiger partial charge is 0.493 e. The van der Waals surface area contributed by atoms with Gasteiger partial charge in [0.05, 0.1) is 6.61 Å². The smallest absolute Gasteiger partial charge is 0.129 e. The molecule has 0 fully saturated rings. The van der Waals surface area contributed by atoms with Crippen molar-refractivity contribution < 1.29 is 4.74 Å². The van der Waals surface area contributed by atoms with Crippen LogP contribution in [-0.2, 0) is 0 Å². The van der Waals surface area contributed by atoms with Crippen molar-refractivity contribution in [2.24, 2.45) is 0 Å². The summed E-state index contributed by atoms with van der Waals surface area (Å²) in [4.78, 5) is 0. The molecule has 3 heteroatoms. The number of rotatable bonds is 6. The van der Waals surface area contributed by atoms with Gasteiger partial charge in [-0.15, -0.1) is 5.73 Å². The average molecular weight is 338 g/mol. The van der Waals surface area contributed by atoms with Gasteiger partial charge in [0.25, 0.3) is 0 Å². The minimum atomic E-state index is 0.717. The van der Waals surface area contributed by atoms with Gasteiger partial charge >= 0.3 is 0 Å². The third-order valence-electron chi connectivity index (χ3n) is 3.59. The van der Waals surface area contributed by atoms with E-state index in [4.69, 9.17) is 16.2 Å². The van der Waals surface area contributed by atoms with Crippen molar-refractivity contribution >= 4 is 11.4 Å². The summed E-state index contributed by atoms with van der Waals surface area (Å²) in [5, 5.41) is 0. The van der Waals surface area contributed by atoms with Crippen LogP contribution < -0.4 is 16.2 Å². The van der Waals surface area contributed by atoms with Crippen molar-refractivity contribution in [3.63, 3.8) is 0 Å². The van der Waals surface area contributed by atoms with E-state index in [1.807, 2.05) is 56.3 Å². The van der Waals surface area contributed by atoms with Gasteiger partial charge in [0.15, 0.2) is 0 Å². The molecule has 0 aromatic heterocycles. The van der Waals surface area contributed by atoms with Crippen molar-refractivity contribution in [3.8, 4) is 16.9 Å². The van der Waals surface area contributed by atoms with Gasteiger partial charge in [0, 0.05) is 23.0 Å². The fourth-order valence-corrected chi connectivity index (χ4v) is 2.09. The number of unbranched alkanes of at least 4 members (excludes halogenated alkanes) is 2. The molecule has 0 amide bonds. The number of hydrogen-bond donors (Lipinski definition) is 2. The van der Waals surface area contributed by atoms with E-state index in [9.17, 15) is 0 Å². The molecular formula is C22H30N2O. The van der Waals surface area contributed by atoms with Crippen molar-refractivity contribution in [2.45, 2.75) is 40.0 Å². The molecule has 134 valence electrons. The quantitative estimate of drug-likeness (QED) is 0.396. The third-order valence-corrected chi connectivity index (χ3v) is 3.59. The molecule has 0 bridgehead atoms. The Kier molecular flexibility index (Phi) is 8.99. The Labute approximate surface area is 152 Å². The SMILES string of the molecule is C=C=C(C)C.CCCCCOc1cc(N)ccc1-c1ccc(N)cc1. The first-order valence-corrected chi connectivity index (χ1v) is 8.69. The first kappa shape index (κ1) is 20.4. The second kappa shape index (κ2) is 11.0. The van der Waals surface area contributed by atoms with Crippen LogP contribution in [0.15, 0.2) is 60.3 Å². The highest BCUT2D eigenvalue weighted by atomic mass is 16.5. The molecule has 0 saturated heterocycles. The van der Waals surface area contributed by atoms with Gasteiger partial charge in [-0.2, -0.15) is 0 Å². The van der Waals surface area contributed by atoms with Gasteiger partial charge in [0.1, 0.15) is 5.75 Å². The van der Waals surface area contributed by atoms with Crippen LogP contribution in [0.4, 0.5) is 11.4 Å². The fraction of sp³-hybridized carbons (Fsp3) is 0.318. The van der Waals surface area contributed by atoms with Gasteiger partial charge in [-0.1, -0.05) is 38.5 Å². The molecule has 0 spiro atoms. The number of hydrogen-bond acceptors (Lipinski definition) is 3. The van der Waals surface area contributed by atoms with Gasteiger partial charge in [-0.3, -0.25) is 0 Å². The predicted molar refractivity (Wildman–Crippen MR) is 110 cm³/mol. The number of benzene rings is 2.